The van der Waals surface area contributed by atoms with Crippen LogP contribution in [0.2, 0.25) is 0 Å². The normalized spacial score (nSPS) is 21.0. The van der Waals surface area contributed by atoms with Crippen molar-refractivity contribution in [3.8, 4) is 0 Å². The van der Waals surface area contributed by atoms with Crippen LogP contribution in [0, 0.1) is 0 Å². The second-order valence-electron chi connectivity index (χ2n) is 4.76. The summed E-state index contributed by atoms with van der Waals surface area (Å²) in [5.41, 5.74) is 2.23. The van der Waals surface area contributed by atoms with Crippen molar-refractivity contribution in [2.24, 2.45) is 0 Å². The molecule has 2 aliphatic rings. The van der Waals surface area contributed by atoms with Crippen LogP contribution in [0.15, 0.2) is 11.0 Å². The molecule has 16 heavy (non-hydrogen) atoms. The number of aromatic nitrogens is 2. The van der Waals surface area contributed by atoms with Crippen LogP contribution in [0.3, 0.4) is 0 Å². The summed E-state index contributed by atoms with van der Waals surface area (Å²) in [5, 5.41) is 7.61. The first-order valence-electron chi connectivity index (χ1n) is 6.16. The molecule has 1 aromatic heterocycles. The van der Waals surface area contributed by atoms with Gasteiger partial charge in [0, 0.05) is 12.1 Å². The van der Waals surface area contributed by atoms with Gasteiger partial charge >= 0.3 is 0 Å². The van der Waals surface area contributed by atoms with Crippen molar-refractivity contribution in [3.05, 3.63) is 27.7 Å². The van der Waals surface area contributed by atoms with Crippen molar-refractivity contribution >= 4 is 0 Å². The second-order valence-corrected chi connectivity index (χ2v) is 4.76. The fraction of sp³-hybridized carbons (Fsp3) is 0.667. The van der Waals surface area contributed by atoms with E-state index in [0.29, 0.717) is 6.04 Å². The number of fused-ring (bicyclic) bond motifs is 1. The van der Waals surface area contributed by atoms with Crippen LogP contribution in [-0.2, 0) is 13.0 Å². The molecule has 2 heterocycles. The minimum absolute atomic E-state index is 0.158. The molecule has 0 amide bonds. The second kappa shape index (κ2) is 4.01. The highest BCUT2D eigenvalue weighted by Crippen LogP contribution is 2.27. The number of rotatable bonds is 1. The predicted molar refractivity (Wildman–Crippen MR) is 61.4 cm³/mol. The van der Waals surface area contributed by atoms with Crippen LogP contribution in [-0.4, -0.2) is 16.3 Å². The third kappa shape index (κ3) is 1.57. The summed E-state index contributed by atoms with van der Waals surface area (Å²) in [7, 11) is 0. The molecule has 4 nitrogen and oxygen atoms in total. The van der Waals surface area contributed by atoms with Crippen molar-refractivity contribution in [2.75, 3.05) is 6.54 Å². The van der Waals surface area contributed by atoms with Crippen molar-refractivity contribution < 1.29 is 0 Å². The first-order chi connectivity index (χ1) is 7.86. The van der Waals surface area contributed by atoms with Gasteiger partial charge in [-0.1, -0.05) is 12.8 Å². The highest BCUT2D eigenvalue weighted by atomic mass is 16.1. The summed E-state index contributed by atoms with van der Waals surface area (Å²) in [6, 6.07) is 0.354. The van der Waals surface area contributed by atoms with Crippen molar-refractivity contribution in [2.45, 2.75) is 44.7 Å². The maximum atomic E-state index is 12.3. The molecule has 3 rings (SSSR count). The van der Waals surface area contributed by atoms with Crippen molar-refractivity contribution in [1.29, 1.82) is 0 Å². The lowest BCUT2D eigenvalue weighted by Gasteiger charge is -2.19. The van der Waals surface area contributed by atoms with Crippen molar-refractivity contribution in [1.82, 2.24) is 15.1 Å². The zero-order chi connectivity index (χ0) is 11.0. The third-order valence-electron chi connectivity index (χ3n) is 3.73. The Morgan fingerprint density at radius 2 is 2.19 bits per heavy atom. The molecule has 4 heteroatoms. The van der Waals surface area contributed by atoms with Crippen LogP contribution in [0.25, 0.3) is 0 Å². The molecule has 0 saturated heterocycles. The summed E-state index contributed by atoms with van der Waals surface area (Å²) < 4.78 is 1.73. The molecule has 1 fully saturated rings. The van der Waals surface area contributed by atoms with Gasteiger partial charge in [0.05, 0.1) is 12.2 Å². The fourth-order valence-electron chi connectivity index (χ4n) is 2.80. The fourth-order valence-corrected chi connectivity index (χ4v) is 2.80. The molecule has 0 aromatic carbocycles. The predicted octanol–water partition coefficient (Wildman–Crippen LogP) is 1.00. The molecule has 1 saturated carbocycles. The maximum absolute atomic E-state index is 12.3. The lowest BCUT2D eigenvalue weighted by Crippen LogP contribution is -2.35. The highest BCUT2D eigenvalue weighted by Gasteiger charge is 2.22. The Labute approximate surface area is 94.7 Å². The lowest BCUT2D eigenvalue weighted by molar-refractivity contribution is 0.434. The standard InChI is InChI=1S/C12H17N3O/c16-12-11-5-6-13-7-9(11)8-14-15(12)10-3-1-2-4-10/h8,10,13H,1-7H2. The third-order valence-corrected chi connectivity index (χ3v) is 3.73. The van der Waals surface area contributed by atoms with Gasteiger partial charge in [0.2, 0.25) is 0 Å². The van der Waals surface area contributed by atoms with Gasteiger partial charge in [-0.25, -0.2) is 4.68 Å². The Bertz CT molecular complexity index is 446. The van der Waals surface area contributed by atoms with E-state index in [1.165, 1.54) is 12.8 Å². The van der Waals surface area contributed by atoms with E-state index in [1.807, 2.05) is 6.20 Å². The van der Waals surface area contributed by atoms with Gasteiger partial charge in [0.25, 0.3) is 5.56 Å². The van der Waals surface area contributed by atoms with Gasteiger partial charge in [-0.15, -0.1) is 0 Å². The van der Waals surface area contributed by atoms with E-state index in [9.17, 15) is 4.79 Å². The SMILES string of the molecule is O=c1c2c(cnn1C1CCCC1)CNCC2. The first kappa shape index (κ1) is 10.0. The molecule has 0 bridgehead atoms. The largest absolute Gasteiger partial charge is 0.312 e. The smallest absolute Gasteiger partial charge is 0.270 e. The summed E-state index contributed by atoms with van der Waals surface area (Å²) >= 11 is 0. The van der Waals surface area contributed by atoms with Crippen LogP contribution >= 0.6 is 0 Å². The molecule has 1 aliphatic carbocycles. The van der Waals surface area contributed by atoms with E-state index >= 15 is 0 Å². The minimum Gasteiger partial charge on any atom is -0.312 e. The molecule has 0 unspecified atom stereocenters. The Kier molecular flexibility index (Phi) is 2.52. The molecule has 0 radical (unpaired) electrons. The summed E-state index contributed by atoms with van der Waals surface area (Å²) in [5.74, 6) is 0. The van der Waals surface area contributed by atoms with E-state index < -0.39 is 0 Å². The molecule has 86 valence electrons. The molecule has 0 atom stereocenters. The zero-order valence-corrected chi connectivity index (χ0v) is 9.41. The molecule has 0 spiro atoms. The highest BCUT2D eigenvalue weighted by molar-refractivity contribution is 5.23. The Morgan fingerprint density at radius 1 is 1.38 bits per heavy atom. The van der Waals surface area contributed by atoms with Crippen LogP contribution < -0.4 is 10.9 Å². The Morgan fingerprint density at radius 3 is 3.00 bits per heavy atom. The van der Waals surface area contributed by atoms with Crippen LogP contribution in [0.5, 0.6) is 0 Å². The zero-order valence-electron chi connectivity index (χ0n) is 9.41. The molecule has 1 aromatic rings. The quantitative estimate of drug-likeness (QED) is 0.766. The molecular formula is C12H17N3O. The average Bonchev–Trinajstić information content (AvgIpc) is 2.83. The summed E-state index contributed by atoms with van der Waals surface area (Å²) in [4.78, 5) is 12.3. The van der Waals surface area contributed by atoms with Gasteiger partial charge in [0.1, 0.15) is 0 Å². The minimum atomic E-state index is 0.158. The van der Waals surface area contributed by atoms with Crippen LogP contribution in [0.1, 0.15) is 42.9 Å². The molecule has 1 N–H and O–H groups in total. The Hall–Kier alpha value is -1.16. The number of hydrogen-bond acceptors (Lipinski definition) is 3. The van der Waals surface area contributed by atoms with Gasteiger partial charge in [0.15, 0.2) is 0 Å². The Balaban J connectivity index is 2.03. The van der Waals surface area contributed by atoms with E-state index in [-0.39, 0.29) is 5.56 Å². The topological polar surface area (TPSA) is 46.9 Å². The van der Waals surface area contributed by atoms with E-state index in [4.69, 9.17) is 0 Å². The van der Waals surface area contributed by atoms with E-state index in [0.717, 1.165) is 43.5 Å². The first-order valence-corrected chi connectivity index (χ1v) is 6.16. The summed E-state index contributed by atoms with van der Waals surface area (Å²) in [6.07, 6.45) is 7.42. The number of nitrogens with zero attached hydrogens (tertiary/aromatic N) is 2. The van der Waals surface area contributed by atoms with Crippen molar-refractivity contribution in [3.63, 3.8) is 0 Å². The average molecular weight is 219 g/mol. The monoisotopic (exact) mass is 219 g/mol. The molecule has 1 aliphatic heterocycles. The lowest BCUT2D eigenvalue weighted by atomic mass is 10.0. The van der Waals surface area contributed by atoms with Gasteiger partial charge in [-0.3, -0.25) is 4.79 Å². The van der Waals surface area contributed by atoms with Gasteiger partial charge < -0.3 is 5.32 Å². The molecular weight excluding hydrogens is 202 g/mol. The van der Waals surface area contributed by atoms with Gasteiger partial charge in [-0.05, 0) is 31.4 Å². The summed E-state index contributed by atoms with van der Waals surface area (Å²) in [6.45, 7) is 1.71. The maximum Gasteiger partial charge on any atom is 0.270 e. The van der Waals surface area contributed by atoms with E-state index in [1.54, 1.807) is 4.68 Å². The number of hydrogen-bond donors (Lipinski definition) is 1. The van der Waals surface area contributed by atoms with Gasteiger partial charge in [-0.2, -0.15) is 5.10 Å². The van der Waals surface area contributed by atoms with E-state index in [2.05, 4.69) is 10.4 Å². The van der Waals surface area contributed by atoms with Crippen LogP contribution in [0.4, 0.5) is 0 Å². The number of nitrogens with one attached hydrogen (secondary N) is 1.